The van der Waals surface area contributed by atoms with Crippen molar-refractivity contribution in [3.05, 3.63) is 0 Å². The van der Waals surface area contributed by atoms with Gasteiger partial charge >= 0.3 is 7.60 Å². The van der Waals surface area contributed by atoms with Gasteiger partial charge in [0.15, 0.2) is 5.34 Å². The van der Waals surface area contributed by atoms with E-state index in [2.05, 4.69) is 0 Å². The first-order valence-electron chi connectivity index (χ1n) is 7.04. The molecule has 7 nitrogen and oxygen atoms in total. The average Bonchev–Trinajstić information content (AvgIpc) is 2.33. The largest absolute Gasteiger partial charge is 0.396 e. The lowest BCUT2D eigenvalue weighted by Crippen LogP contribution is -2.47. The molecule has 0 bridgehead atoms. The summed E-state index contributed by atoms with van der Waals surface area (Å²) in [6.07, 6.45) is -0.396. The van der Waals surface area contributed by atoms with Crippen LogP contribution < -0.4 is 0 Å². The Bertz CT molecular complexity index is 318. The number of rotatable bonds is 11. The molecule has 0 amide bonds. The highest BCUT2D eigenvalue weighted by Crippen LogP contribution is 2.59. The molecule has 21 heavy (non-hydrogen) atoms. The number of aliphatic hydroxyl groups is 1. The summed E-state index contributed by atoms with van der Waals surface area (Å²) in [5.74, 6) is -0.802. The van der Waals surface area contributed by atoms with Gasteiger partial charge in [-0.25, -0.2) is 0 Å². The van der Waals surface area contributed by atoms with Crippen LogP contribution in [-0.2, 0) is 18.8 Å². The highest BCUT2D eigenvalue weighted by Gasteiger charge is 2.54. The lowest BCUT2D eigenvalue weighted by molar-refractivity contribution is -0.147. The van der Waals surface area contributed by atoms with E-state index in [1.54, 1.807) is 27.7 Å². The quantitative estimate of drug-likeness (QED) is 0.300. The third-order valence-corrected chi connectivity index (χ3v) is 5.47. The Hall–Kier alpha value is -0.0100. The Morgan fingerprint density at radius 3 is 2.00 bits per heavy atom. The second-order valence-corrected chi connectivity index (χ2v) is 7.42. The van der Waals surface area contributed by atoms with Gasteiger partial charge in [-0.3, -0.25) is 4.57 Å². The average molecular weight is 328 g/mol. The van der Waals surface area contributed by atoms with E-state index in [0.29, 0.717) is 0 Å². The zero-order valence-electron chi connectivity index (χ0n) is 13.5. The van der Waals surface area contributed by atoms with Crippen molar-refractivity contribution in [3.8, 4) is 0 Å². The first-order valence-corrected chi connectivity index (χ1v) is 8.65. The highest BCUT2D eigenvalue weighted by atomic mass is 31.2. The zero-order chi connectivity index (χ0) is 16.7. The Balaban J connectivity index is 5.27. The second-order valence-electron chi connectivity index (χ2n) is 5.63. The van der Waals surface area contributed by atoms with Gasteiger partial charge in [-0.05, 0) is 18.3 Å². The van der Waals surface area contributed by atoms with Gasteiger partial charge in [0.25, 0.3) is 0 Å². The van der Waals surface area contributed by atoms with Gasteiger partial charge in [0.1, 0.15) is 6.79 Å². The third-order valence-electron chi connectivity index (χ3n) is 3.42. The molecule has 0 aromatic rings. The smallest absolute Gasteiger partial charge is 0.357 e. The Labute approximate surface area is 126 Å². The lowest BCUT2D eigenvalue weighted by Gasteiger charge is -2.43. The second kappa shape index (κ2) is 9.20. The molecule has 128 valence electrons. The maximum absolute atomic E-state index is 12.0. The topological polar surface area (TPSA) is 105 Å². The molecule has 0 saturated heterocycles. The maximum Gasteiger partial charge on any atom is 0.357 e. The minimum absolute atomic E-state index is 0.0531. The van der Waals surface area contributed by atoms with E-state index in [4.69, 9.17) is 19.3 Å². The number of hydrogen-bond acceptors (Lipinski definition) is 5. The van der Waals surface area contributed by atoms with E-state index in [9.17, 15) is 14.4 Å². The third kappa shape index (κ3) is 5.60. The van der Waals surface area contributed by atoms with E-state index < -0.39 is 30.9 Å². The number of methoxy groups -OCH3 is 1. The molecule has 0 aromatic carbocycles. The molecule has 0 heterocycles. The van der Waals surface area contributed by atoms with Crippen LogP contribution in [0.5, 0.6) is 0 Å². The van der Waals surface area contributed by atoms with Crippen molar-refractivity contribution >= 4 is 7.60 Å². The molecule has 0 aliphatic rings. The first kappa shape index (κ1) is 21.0. The van der Waals surface area contributed by atoms with E-state index in [1.165, 1.54) is 7.11 Å². The minimum atomic E-state index is -4.53. The van der Waals surface area contributed by atoms with E-state index >= 15 is 0 Å². The molecule has 0 unspecified atom stereocenters. The molecule has 0 aromatic heterocycles. The van der Waals surface area contributed by atoms with Crippen molar-refractivity contribution in [1.82, 2.24) is 0 Å². The Morgan fingerprint density at radius 2 is 1.67 bits per heavy atom. The van der Waals surface area contributed by atoms with Gasteiger partial charge < -0.3 is 29.1 Å². The molecule has 0 aliphatic heterocycles. The highest BCUT2D eigenvalue weighted by molar-refractivity contribution is 7.53. The van der Waals surface area contributed by atoms with Gasteiger partial charge in [0.05, 0.1) is 12.7 Å². The molecule has 0 fully saturated rings. The molecule has 0 rings (SSSR count). The Kier molecular flexibility index (Phi) is 9.20. The standard InChI is InChI=1S/C13H29O7P/c1-10(2)13(11(3)4,21(15,16)17)20-12(6-7-14)8-19-9-18-5/h10-12,14H,6-9H2,1-5H3,(H2,15,16,17)/t12-/m0/s1. The molecule has 0 spiro atoms. The van der Waals surface area contributed by atoms with Crippen molar-refractivity contribution in [1.29, 1.82) is 0 Å². The first-order chi connectivity index (χ1) is 9.63. The number of ether oxygens (including phenoxy) is 3. The predicted molar refractivity (Wildman–Crippen MR) is 78.9 cm³/mol. The summed E-state index contributed by atoms with van der Waals surface area (Å²) in [6.45, 7) is 6.84. The summed E-state index contributed by atoms with van der Waals surface area (Å²) in [7, 11) is -3.05. The summed E-state index contributed by atoms with van der Waals surface area (Å²) < 4.78 is 27.8. The zero-order valence-corrected chi connectivity index (χ0v) is 14.4. The number of hydrogen-bond donors (Lipinski definition) is 3. The SMILES string of the molecule is COCOC[C@H](CCO)OC(C(C)C)(C(C)C)P(=O)(O)O. The van der Waals surface area contributed by atoms with Crippen LogP contribution in [0.3, 0.4) is 0 Å². The fourth-order valence-electron chi connectivity index (χ4n) is 2.53. The molecular weight excluding hydrogens is 299 g/mol. The van der Waals surface area contributed by atoms with Crippen LogP contribution in [0.2, 0.25) is 0 Å². The van der Waals surface area contributed by atoms with Gasteiger partial charge in [-0.2, -0.15) is 0 Å². The van der Waals surface area contributed by atoms with Crippen LogP contribution in [0, 0.1) is 11.8 Å². The van der Waals surface area contributed by atoms with E-state index in [1.807, 2.05) is 0 Å². The van der Waals surface area contributed by atoms with Crippen LogP contribution in [-0.4, -0.2) is 53.5 Å². The fraction of sp³-hybridized carbons (Fsp3) is 1.00. The molecule has 0 saturated carbocycles. The molecular formula is C13H29O7P. The van der Waals surface area contributed by atoms with Crippen LogP contribution in [0.4, 0.5) is 0 Å². The van der Waals surface area contributed by atoms with E-state index in [0.717, 1.165) is 0 Å². The van der Waals surface area contributed by atoms with Crippen molar-refractivity contribution in [2.75, 3.05) is 27.1 Å². The summed E-state index contributed by atoms with van der Waals surface area (Å²) in [6, 6.07) is 0. The molecule has 8 heteroatoms. The van der Waals surface area contributed by atoms with Gasteiger partial charge in [-0.15, -0.1) is 0 Å². The summed E-state index contributed by atoms with van der Waals surface area (Å²) >= 11 is 0. The van der Waals surface area contributed by atoms with Crippen LogP contribution in [0.25, 0.3) is 0 Å². The molecule has 0 radical (unpaired) electrons. The number of aliphatic hydroxyl groups excluding tert-OH is 1. The molecule has 3 N–H and O–H groups in total. The Morgan fingerprint density at radius 1 is 1.14 bits per heavy atom. The fourth-order valence-corrected chi connectivity index (χ4v) is 4.16. The van der Waals surface area contributed by atoms with E-state index in [-0.39, 0.29) is 26.4 Å². The summed E-state index contributed by atoms with van der Waals surface area (Å²) in [5.41, 5.74) is 0. The van der Waals surface area contributed by atoms with Crippen molar-refractivity contribution in [2.45, 2.75) is 45.6 Å². The van der Waals surface area contributed by atoms with Crippen LogP contribution >= 0.6 is 7.60 Å². The van der Waals surface area contributed by atoms with Crippen molar-refractivity contribution in [2.24, 2.45) is 11.8 Å². The normalized spacial score (nSPS) is 15.0. The summed E-state index contributed by atoms with van der Waals surface area (Å²) in [5, 5.41) is 7.50. The summed E-state index contributed by atoms with van der Waals surface area (Å²) in [4.78, 5) is 19.6. The van der Waals surface area contributed by atoms with Gasteiger partial charge in [-0.1, -0.05) is 27.7 Å². The molecule has 0 aliphatic carbocycles. The van der Waals surface area contributed by atoms with Gasteiger partial charge in [0.2, 0.25) is 0 Å². The van der Waals surface area contributed by atoms with Crippen molar-refractivity contribution < 1.29 is 33.7 Å². The van der Waals surface area contributed by atoms with Crippen LogP contribution in [0.1, 0.15) is 34.1 Å². The lowest BCUT2D eigenvalue weighted by atomic mass is 9.94. The monoisotopic (exact) mass is 328 g/mol. The molecule has 1 atom stereocenters. The minimum Gasteiger partial charge on any atom is -0.396 e. The predicted octanol–water partition coefficient (Wildman–Crippen LogP) is 1.56. The van der Waals surface area contributed by atoms with Gasteiger partial charge in [0, 0.05) is 13.7 Å². The van der Waals surface area contributed by atoms with Crippen LogP contribution in [0.15, 0.2) is 0 Å². The maximum atomic E-state index is 12.0. The van der Waals surface area contributed by atoms with Crippen molar-refractivity contribution in [3.63, 3.8) is 0 Å².